The van der Waals surface area contributed by atoms with E-state index in [1.54, 1.807) is 5.57 Å². The number of hydrogen-bond acceptors (Lipinski definition) is 0. The first-order valence-corrected chi connectivity index (χ1v) is 15.0. The Morgan fingerprint density at radius 1 is 0.585 bits per heavy atom. The van der Waals surface area contributed by atoms with Gasteiger partial charge in [-0.2, -0.15) is 0 Å². The predicted molar refractivity (Wildman–Crippen MR) is 174 cm³/mol. The summed E-state index contributed by atoms with van der Waals surface area (Å²) in [5, 5.41) is 5.35. The summed E-state index contributed by atoms with van der Waals surface area (Å²) in [5.41, 5.74) is 15.4. The molecular formula is C40H33N. The number of aromatic nitrogens is 1. The van der Waals surface area contributed by atoms with Crippen molar-refractivity contribution in [3.05, 3.63) is 125 Å². The molecule has 2 aliphatic heterocycles. The van der Waals surface area contributed by atoms with E-state index in [1.165, 1.54) is 77.2 Å². The van der Waals surface area contributed by atoms with Crippen LogP contribution in [0, 0.1) is 0 Å². The normalized spacial score (nSPS) is 18.0. The van der Waals surface area contributed by atoms with Crippen LogP contribution in [0.15, 0.2) is 114 Å². The monoisotopic (exact) mass is 527 g/mol. The average molecular weight is 528 g/mol. The zero-order valence-corrected chi connectivity index (χ0v) is 24.2. The van der Waals surface area contributed by atoms with Gasteiger partial charge in [-0.1, -0.05) is 113 Å². The molecule has 3 aliphatic rings. The largest absolute Gasteiger partial charge is 0.308 e. The maximum Gasteiger partial charge on any atom is 0.0582 e. The maximum atomic E-state index is 2.66. The Kier molecular flexibility index (Phi) is 4.37. The van der Waals surface area contributed by atoms with Crippen molar-refractivity contribution < 1.29 is 0 Å². The zero-order chi connectivity index (χ0) is 27.7. The summed E-state index contributed by atoms with van der Waals surface area (Å²) in [7, 11) is 0. The Bertz CT molecular complexity index is 2190. The topological polar surface area (TPSA) is 4.93 Å². The molecule has 0 unspecified atom stereocenters. The van der Waals surface area contributed by atoms with Gasteiger partial charge in [0.25, 0.3) is 0 Å². The van der Waals surface area contributed by atoms with Crippen molar-refractivity contribution in [3.8, 4) is 22.3 Å². The Hall–Kier alpha value is -4.36. The van der Waals surface area contributed by atoms with Gasteiger partial charge in [-0.3, -0.25) is 0 Å². The number of allylic oxidation sites excluding steroid dienone is 4. The zero-order valence-electron chi connectivity index (χ0n) is 24.2. The second kappa shape index (κ2) is 7.68. The SMILES string of the molecule is CC1(C)C2=CCCC3=C2n2c4c1cccc4c1cc(-c4cccc(-c5cccc6ccccc56)c4)cc(c12)C3(C)C. The fraction of sp³-hybridized carbons (Fsp3) is 0.200. The first-order valence-electron chi connectivity index (χ1n) is 15.0. The summed E-state index contributed by atoms with van der Waals surface area (Å²) < 4.78 is 2.66. The summed E-state index contributed by atoms with van der Waals surface area (Å²) in [6.07, 6.45) is 4.78. The van der Waals surface area contributed by atoms with Gasteiger partial charge in [-0.05, 0) is 86.3 Å². The highest BCUT2D eigenvalue weighted by Gasteiger charge is 2.46. The van der Waals surface area contributed by atoms with Gasteiger partial charge in [0.15, 0.2) is 0 Å². The number of nitrogens with zero attached hydrogens (tertiary/aromatic N) is 1. The molecule has 0 saturated carbocycles. The van der Waals surface area contributed by atoms with Crippen LogP contribution in [0.2, 0.25) is 0 Å². The summed E-state index contributed by atoms with van der Waals surface area (Å²) >= 11 is 0. The van der Waals surface area contributed by atoms with Crippen molar-refractivity contribution in [1.82, 2.24) is 4.57 Å². The number of para-hydroxylation sites is 1. The van der Waals surface area contributed by atoms with Crippen LogP contribution >= 0.6 is 0 Å². The molecule has 0 atom stereocenters. The van der Waals surface area contributed by atoms with Crippen molar-refractivity contribution in [2.24, 2.45) is 0 Å². The lowest BCUT2D eigenvalue weighted by Gasteiger charge is -2.46. The molecule has 1 aromatic heterocycles. The molecule has 41 heavy (non-hydrogen) atoms. The molecule has 0 radical (unpaired) electrons. The van der Waals surface area contributed by atoms with E-state index < -0.39 is 0 Å². The van der Waals surface area contributed by atoms with Crippen LogP contribution in [0.1, 0.15) is 51.7 Å². The second-order valence-corrected chi connectivity index (χ2v) is 13.3. The molecule has 3 heterocycles. The molecule has 0 N–H and O–H groups in total. The summed E-state index contributed by atoms with van der Waals surface area (Å²) in [4.78, 5) is 0. The van der Waals surface area contributed by atoms with Gasteiger partial charge < -0.3 is 4.57 Å². The molecule has 198 valence electrons. The van der Waals surface area contributed by atoms with Crippen LogP contribution in [0.25, 0.3) is 60.5 Å². The predicted octanol–water partition coefficient (Wildman–Crippen LogP) is 10.8. The van der Waals surface area contributed by atoms with E-state index in [4.69, 9.17) is 0 Å². The molecule has 0 fully saturated rings. The Labute approximate surface area is 241 Å². The summed E-state index contributed by atoms with van der Waals surface area (Å²) in [5.74, 6) is 0. The third kappa shape index (κ3) is 2.87. The van der Waals surface area contributed by atoms with Crippen LogP contribution in [-0.4, -0.2) is 4.57 Å². The molecule has 0 bridgehead atoms. The lowest BCUT2D eigenvalue weighted by atomic mass is 9.64. The molecule has 0 spiro atoms. The smallest absolute Gasteiger partial charge is 0.0582 e. The molecule has 0 amide bonds. The van der Waals surface area contributed by atoms with Crippen molar-refractivity contribution >= 4 is 38.3 Å². The van der Waals surface area contributed by atoms with Gasteiger partial charge in [0.05, 0.1) is 16.7 Å². The molecule has 1 heteroatoms. The highest BCUT2D eigenvalue weighted by Crippen LogP contribution is 2.58. The number of hydrogen-bond donors (Lipinski definition) is 0. The van der Waals surface area contributed by atoms with Crippen LogP contribution in [-0.2, 0) is 10.8 Å². The van der Waals surface area contributed by atoms with E-state index >= 15 is 0 Å². The van der Waals surface area contributed by atoms with Crippen molar-refractivity contribution in [2.75, 3.05) is 0 Å². The van der Waals surface area contributed by atoms with E-state index in [2.05, 4.69) is 135 Å². The molecule has 6 aromatic rings. The van der Waals surface area contributed by atoms with Crippen molar-refractivity contribution in [3.63, 3.8) is 0 Å². The lowest BCUT2D eigenvalue weighted by molar-refractivity contribution is 0.557. The van der Waals surface area contributed by atoms with E-state index in [1.807, 2.05) is 0 Å². The van der Waals surface area contributed by atoms with Gasteiger partial charge >= 0.3 is 0 Å². The van der Waals surface area contributed by atoms with Crippen LogP contribution in [0.4, 0.5) is 0 Å². The minimum atomic E-state index is -0.0334. The highest BCUT2D eigenvalue weighted by molar-refractivity contribution is 6.17. The first-order chi connectivity index (χ1) is 19.9. The molecule has 1 nitrogen and oxygen atoms in total. The minimum absolute atomic E-state index is 0.00586. The fourth-order valence-corrected chi connectivity index (χ4v) is 8.37. The van der Waals surface area contributed by atoms with Gasteiger partial charge in [0.2, 0.25) is 0 Å². The van der Waals surface area contributed by atoms with E-state index in [9.17, 15) is 0 Å². The molecule has 5 aromatic carbocycles. The van der Waals surface area contributed by atoms with E-state index in [-0.39, 0.29) is 10.8 Å². The van der Waals surface area contributed by atoms with Gasteiger partial charge in [0, 0.05) is 21.6 Å². The summed E-state index contributed by atoms with van der Waals surface area (Å²) in [6, 6.07) is 36.5. The minimum Gasteiger partial charge on any atom is -0.308 e. The molecule has 1 aliphatic carbocycles. The number of benzene rings is 5. The second-order valence-electron chi connectivity index (χ2n) is 13.3. The van der Waals surface area contributed by atoms with Crippen LogP contribution in [0.5, 0.6) is 0 Å². The summed E-state index contributed by atoms with van der Waals surface area (Å²) in [6.45, 7) is 9.79. The molecular weight excluding hydrogens is 494 g/mol. The van der Waals surface area contributed by atoms with E-state index in [0.29, 0.717) is 0 Å². The average Bonchev–Trinajstić information content (AvgIpc) is 3.33. The third-order valence-corrected chi connectivity index (χ3v) is 10.5. The van der Waals surface area contributed by atoms with Gasteiger partial charge in [-0.25, -0.2) is 0 Å². The third-order valence-electron chi connectivity index (χ3n) is 10.5. The van der Waals surface area contributed by atoms with Gasteiger partial charge in [-0.15, -0.1) is 0 Å². The van der Waals surface area contributed by atoms with Crippen LogP contribution in [0.3, 0.4) is 0 Å². The Balaban J connectivity index is 1.35. The fourth-order valence-electron chi connectivity index (χ4n) is 8.37. The Morgan fingerprint density at radius 2 is 1.32 bits per heavy atom. The Morgan fingerprint density at radius 3 is 2.22 bits per heavy atom. The van der Waals surface area contributed by atoms with Crippen molar-refractivity contribution in [1.29, 1.82) is 0 Å². The number of fused-ring (bicyclic) bond motifs is 2. The molecule has 9 rings (SSSR count). The molecule has 0 saturated heterocycles. The standard InChI is InChI=1S/C40H33N/c1-39(2)32-18-9-17-30-31-22-27(25-13-7-14-26(21-25)29-16-8-12-24-11-5-6-15-28(24)29)23-35-37(31)41(36(30)32)38-33(39)19-10-20-34(38)40(35,3)4/h5-9,11-19,21-23H,10,20H2,1-4H3. The van der Waals surface area contributed by atoms with Crippen molar-refractivity contribution in [2.45, 2.75) is 51.4 Å². The maximum absolute atomic E-state index is 2.66. The van der Waals surface area contributed by atoms with E-state index in [0.717, 1.165) is 12.8 Å². The quantitative estimate of drug-likeness (QED) is 0.211. The number of rotatable bonds is 2. The van der Waals surface area contributed by atoms with Crippen LogP contribution < -0.4 is 0 Å². The first kappa shape index (κ1) is 23.4. The van der Waals surface area contributed by atoms with Gasteiger partial charge in [0.1, 0.15) is 0 Å². The lowest BCUT2D eigenvalue weighted by Crippen LogP contribution is -2.36. The highest BCUT2D eigenvalue weighted by atomic mass is 15.0.